The van der Waals surface area contributed by atoms with Crippen LogP contribution in [0.3, 0.4) is 0 Å². The van der Waals surface area contributed by atoms with Gasteiger partial charge in [0.25, 0.3) is 11.5 Å². The summed E-state index contributed by atoms with van der Waals surface area (Å²) in [5.41, 5.74) is 2.43. The summed E-state index contributed by atoms with van der Waals surface area (Å²) in [6.07, 6.45) is 8.22. The molecule has 0 atom stereocenters. The topological polar surface area (TPSA) is 71.0 Å². The Bertz CT molecular complexity index is 1290. The van der Waals surface area contributed by atoms with E-state index in [0.717, 1.165) is 29.8 Å². The lowest BCUT2D eigenvalue weighted by Gasteiger charge is -2.19. The second-order valence-corrected chi connectivity index (χ2v) is 8.76. The number of para-hydroxylation sites is 1. The lowest BCUT2D eigenvalue weighted by molar-refractivity contribution is 0.0781. The van der Waals surface area contributed by atoms with Gasteiger partial charge < -0.3 is 14.5 Å². The Kier molecular flexibility index (Phi) is 4.75. The van der Waals surface area contributed by atoms with E-state index in [-0.39, 0.29) is 18.0 Å². The Morgan fingerprint density at radius 3 is 2.77 bits per heavy atom. The van der Waals surface area contributed by atoms with Gasteiger partial charge in [0.15, 0.2) is 0 Å². The number of thiophene rings is 1. The number of carbonyl (C=O) groups excluding carboxylic acids is 1. The molecule has 0 aliphatic heterocycles. The molecule has 7 heteroatoms. The van der Waals surface area contributed by atoms with Crippen LogP contribution in [0.25, 0.3) is 15.9 Å². The van der Waals surface area contributed by atoms with Crippen LogP contribution in [0.15, 0.2) is 53.6 Å². The highest BCUT2D eigenvalue weighted by Crippen LogP contribution is 2.37. The quantitative estimate of drug-likeness (QED) is 0.546. The minimum absolute atomic E-state index is 0.0334. The van der Waals surface area contributed by atoms with Crippen LogP contribution >= 0.6 is 11.3 Å². The Morgan fingerprint density at radius 2 is 1.93 bits per heavy atom. The van der Waals surface area contributed by atoms with Gasteiger partial charge in [0, 0.05) is 24.3 Å². The molecule has 0 unspecified atom stereocenters. The van der Waals surface area contributed by atoms with Crippen LogP contribution < -0.4 is 5.56 Å². The first-order valence-electron chi connectivity index (χ1n) is 10.1. The highest BCUT2D eigenvalue weighted by molar-refractivity contribution is 7.15. The summed E-state index contributed by atoms with van der Waals surface area (Å²) in [5, 5.41) is 1.53. The molecule has 4 aromatic rings. The highest BCUT2D eigenvalue weighted by Gasteiger charge is 2.28. The number of rotatable bonds is 4. The lowest BCUT2D eigenvalue weighted by Crippen LogP contribution is -2.29. The van der Waals surface area contributed by atoms with Gasteiger partial charge in [-0.15, -0.1) is 11.3 Å². The zero-order valence-corrected chi connectivity index (χ0v) is 17.5. The molecule has 30 heavy (non-hydrogen) atoms. The van der Waals surface area contributed by atoms with Crippen molar-refractivity contribution in [1.82, 2.24) is 19.4 Å². The molecule has 5 rings (SSSR count). The fourth-order valence-corrected chi connectivity index (χ4v) is 5.47. The number of nitrogens with zero attached hydrogens (tertiary/aromatic N) is 3. The van der Waals surface area contributed by atoms with Gasteiger partial charge in [-0.05, 0) is 55.5 Å². The summed E-state index contributed by atoms with van der Waals surface area (Å²) in [5.74, 6) is 0.454. The van der Waals surface area contributed by atoms with Gasteiger partial charge in [0.2, 0.25) is 0 Å². The molecule has 0 radical (unpaired) electrons. The number of fused-ring (bicyclic) bond motifs is 2. The molecule has 3 heterocycles. The molecule has 152 valence electrons. The summed E-state index contributed by atoms with van der Waals surface area (Å²) in [4.78, 5) is 36.3. The second-order valence-electron chi connectivity index (χ2n) is 7.67. The van der Waals surface area contributed by atoms with Crippen molar-refractivity contribution >= 4 is 28.1 Å². The van der Waals surface area contributed by atoms with Gasteiger partial charge in [-0.3, -0.25) is 9.59 Å². The van der Waals surface area contributed by atoms with Crippen LogP contribution in [-0.2, 0) is 19.4 Å². The van der Waals surface area contributed by atoms with Gasteiger partial charge in [-0.25, -0.2) is 4.98 Å². The number of benzene rings is 1. The van der Waals surface area contributed by atoms with E-state index in [9.17, 15) is 9.59 Å². The van der Waals surface area contributed by atoms with E-state index in [4.69, 9.17) is 0 Å². The van der Waals surface area contributed by atoms with Crippen LogP contribution in [-0.4, -0.2) is 32.4 Å². The average molecular weight is 419 g/mol. The van der Waals surface area contributed by atoms with E-state index in [1.54, 1.807) is 29.4 Å². The van der Waals surface area contributed by atoms with Crippen LogP contribution in [0.2, 0.25) is 0 Å². The normalized spacial score (nSPS) is 13.4. The van der Waals surface area contributed by atoms with Gasteiger partial charge in [0.05, 0.1) is 23.0 Å². The Balaban J connectivity index is 1.50. The van der Waals surface area contributed by atoms with E-state index in [0.29, 0.717) is 16.7 Å². The summed E-state index contributed by atoms with van der Waals surface area (Å²) >= 11 is 1.72. The molecule has 0 saturated carbocycles. The standard InChI is InChI=1S/C23H22N4O2S/c1-26(14-19-24-17-10-4-2-8-15(17)21(28)25-19)22(29)20-16-9-3-5-11-18(16)30-23(20)27-12-6-7-13-27/h2,4,6-8,10,12-13H,3,5,9,11,14H2,1H3,(H,24,25,28). The van der Waals surface area contributed by atoms with Crippen molar-refractivity contribution in [2.45, 2.75) is 32.2 Å². The largest absolute Gasteiger partial charge is 0.334 e. The maximum absolute atomic E-state index is 13.5. The van der Waals surface area contributed by atoms with E-state index in [2.05, 4.69) is 9.97 Å². The van der Waals surface area contributed by atoms with Crippen molar-refractivity contribution in [3.63, 3.8) is 0 Å². The lowest BCUT2D eigenvalue weighted by atomic mass is 9.95. The van der Waals surface area contributed by atoms with Crippen molar-refractivity contribution in [3.05, 3.63) is 81.0 Å². The van der Waals surface area contributed by atoms with Crippen molar-refractivity contribution in [1.29, 1.82) is 0 Å². The third-order valence-electron chi connectivity index (χ3n) is 5.60. The molecule has 0 saturated heterocycles. The van der Waals surface area contributed by atoms with Crippen LogP contribution in [0, 0.1) is 0 Å². The first-order valence-corrected chi connectivity index (χ1v) is 10.9. The third-order valence-corrected chi connectivity index (χ3v) is 6.91. The summed E-state index contributed by atoms with van der Waals surface area (Å²) < 4.78 is 2.03. The smallest absolute Gasteiger partial charge is 0.258 e. The molecular weight excluding hydrogens is 396 g/mol. The van der Waals surface area contributed by atoms with E-state index in [1.807, 2.05) is 47.3 Å². The first kappa shape index (κ1) is 18.8. The second kappa shape index (κ2) is 7.57. The zero-order chi connectivity index (χ0) is 20.7. The van der Waals surface area contributed by atoms with Crippen LogP contribution in [0.5, 0.6) is 0 Å². The number of carbonyl (C=O) groups is 1. The predicted octanol–water partition coefficient (Wildman–Crippen LogP) is 3.93. The monoisotopic (exact) mass is 418 g/mol. The van der Waals surface area contributed by atoms with Crippen LogP contribution in [0.4, 0.5) is 0 Å². The summed E-state index contributed by atoms with van der Waals surface area (Å²) in [7, 11) is 1.77. The van der Waals surface area contributed by atoms with Crippen molar-refractivity contribution in [3.8, 4) is 5.00 Å². The van der Waals surface area contributed by atoms with Crippen LogP contribution in [0.1, 0.15) is 39.5 Å². The fourth-order valence-electron chi connectivity index (χ4n) is 4.12. The summed E-state index contributed by atoms with van der Waals surface area (Å²) in [6.45, 7) is 0.245. The molecule has 1 aliphatic carbocycles. The van der Waals surface area contributed by atoms with Gasteiger partial charge in [-0.1, -0.05) is 12.1 Å². The highest BCUT2D eigenvalue weighted by atomic mass is 32.1. The van der Waals surface area contributed by atoms with Crippen molar-refractivity contribution in [2.75, 3.05) is 7.05 Å². The molecule has 1 amide bonds. The Labute approximate surface area is 177 Å². The summed E-state index contributed by atoms with van der Waals surface area (Å²) in [6, 6.07) is 11.2. The number of hydrogen-bond acceptors (Lipinski definition) is 4. The SMILES string of the molecule is CN(Cc1nc2ccccc2c(=O)[nH]1)C(=O)c1c(-n2cccc2)sc2c1CCCC2. The Hall–Kier alpha value is -3.19. The third kappa shape index (κ3) is 3.25. The molecule has 1 aliphatic rings. The number of H-pyrrole nitrogens is 1. The van der Waals surface area contributed by atoms with E-state index in [1.165, 1.54) is 16.9 Å². The minimum atomic E-state index is -0.183. The average Bonchev–Trinajstić information content (AvgIpc) is 3.41. The first-order chi connectivity index (χ1) is 14.6. The minimum Gasteiger partial charge on any atom is -0.334 e. The number of aromatic amines is 1. The molecule has 0 fully saturated rings. The van der Waals surface area contributed by atoms with Crippen molar-refractivity contribution in [2.24, 2.45) is 0 Å². The maximum Gasteiger partial charge on any atom is 0.258 e. The number of hydrogen-bond donors (Lipinski definition) is 1. The number of nitrogens with one attached hydrogen (secondary N) is 1. The fraction of sp³-hybridized carbons (Fsp3) is 0.261. The molecule has 1 N–H and O–H groups in total. The van der Waals surface area contributed by atoms with Crippen molar-refractivity contribution < 1.29 is 4.79 Å². The zero-order valence-electron chi connectivity index (χ0n) is 16.7. The number of aryl methyl sites for hydroxylation is 1. The molecule has 0 spiro atoms. The molecular formula is C23H22N4O2S. The molecule has 1 aromatic carbocycles. The Morgan fingerprint density at radius 1 is 1.17 bits per heavy atom. The van der Waals surface area contributed by atoms with E-state index < -0.39 is 0 Å². The number of aromatic nitrogens is 3. The molecule has 6 nitrogen and oxygen atoms in total. The van der Waals surface area contributed by atoms with Gasteiger partial charge >= 0.3 is 0 Å². The number of amides is 1. The van der Waals surface area contributed by atoms with E-state index >= 15 is 0 Å². The molecule has 3 aromatic heterocycles. The van der Waals surface area contributed by atoms with Gasteiger partial charge in [-0.2, -0.15) is 0 Å². The predicted molar refractivity (Wildman–Crippen MR) is 118 cm³/mol. The maximum atomic E-state index is 13.5. The molecule has 0 bridgehead atoms. The van der Waals surface area contributed by atoms with Gasteiger partial charge in [0.1, 0.15) is 10.8 Å².